The molecule has 0 radical (unpaired) electrons. The van der Waals surface area contributed by atoms with Crippen LogP contribution in [0.25, 0.3) is 33.3 Å². The highest BCUT2D eigenvalue weighted by molar-refractivity contribution is 5.91. The van der Waals surface area contributed by atoms with Crippen molar-refractivity contribution in [2.75, 3.05) is 12.4 Å². The summed E-state index contributed by atoms with van der Waals surface area (Å²) in [6, 6.07) is 2.52. The van der Waals surface area contributed by atoms with Crippen LogP contribution in [0.5, 0.6) is 0 Å². The van der Waals surface area contributed by atoms with Gasteiger partial charge in [-0.15, -0.1) is 13.2 Å². The molecule has 1 fully saturated rings. The summed E-state index contributed by atoms with van der Waals surface area (Å²) in [6.45, 7) is 0.247. The Balaban J connectivity index is 1.41. The molecule has 1 amide bonds. The van der Waals surface area contributed by atoms with Gasteiger partial charge in [-0.05, 0) is 45.2 Å². The molecule has 2 atom stereocenters. The van der Waals surface area contributed by atoms with Crippen molar-refractivity contribution in [1.82, 2.24) is 44.0 Å². The lowest BCUT2D eigenvalue weighted by atomic mass is 10.1. The van der Waals surface area contributed by atoms with Gasteiger partial charge in [0, 0.05) is 41.0 Å². The normalized spacial score (nSPS) is 20.6. The minimum absolute atomic E-state index is 0.00246. The van der Waals surface area contributed by atoms with Crippen molar-refractivity contribution in [2.24, 2.45) is 6.98 Å². The smallest absolute Gasteiger partial charge is 0.453 e. The fourth-order valence-electron chi connectivity index (χ4n) is 5.42. The molecule has 1 unspecified atom stereocenters. The Labute approximate surface area is 259 Å². The number of fused-ring (bicyclic) bond motifs is 2. The number of carbonyl (C=O) groups is 1. The highest BCUT2D eigenvalue weighted by atomic mass is 19.4. The number of alkyl carbamates (subject to hydrolysis) is 1. The third-order valence-corrected chi connectivity index (χ3v) is 7.36. The molecular formula is C28H31F3N10O4. The van der Waals surface area contributed by atoms with Crippen molar-refractivity contribution in [2.45, 2.75) is 63.6 Å². The predicted molar refractivity (Wildman–Crippen MR) is 157 cm³/mol. The van der Waals surface area contributed by atoms with Gasteiger partial charge in [-0.25, -0.2) is 19.6 Å². The number of anilines is 2. The fourth-order valence-corrected chi connectivity index (χ4v) is 5.42. The molecule has 5 heterocycles. The second kappa shape index (κ2) is 10.9. The Morgan fingerprint density at radius 1 is 1.20 bits per heavy atom. The number of rotatable bonds is 7. The van der Waals surface area contributed by atoms with Crippen molar-refractivity contribution in [3.8, 4) is 11.3 Å². The summed E-state index contributed by atoms with van der Waals surface area (Å²) in [6.07, 6.45) is -2.13. The number of nitrogens with one attached hydrogen (secondary N) is 2. The number of aryl methyl sites for hydroxylation is 1. The van der Waals surface area contributed by atoms with E-state index in [-0.39, 0.29) is 69.9 Å². The maximum absolute atomic E-state index is 13.6. The summed E-state index contributed by atoms with van der Waals surface area (Å²) in [5.41, 5.74) is -1.15. The van der Waals surface area contributed by atoms with Gasteiger partial charge in [0.1, 0.15) is 22.8 Å². The van der Waals surface area contributed by atoms with E-state index in [0.717, 1.165) is 19.5 Å². The summed E-state index contributed by atoms with van der Waals surface area (Å²) in [5.74, 6) is 0.332. The average molecular weight is 633 g/mol. The molecule has 238 valence electrons. The van der Waals surface area contributed by atoms with E-state index in [9.17, 15) is 27.9 Å². The molecule has 1 aliphatic rings. The Morgan fingerprint density at radius 3 is 2.69 bits per heavy atom. The molecule has 1 saturated carbocycles. The van der Waals surface area contributed by atoms with Gasteiger partial charge < -0.3 is 20.5 Å². The van der Waals surface area contributed by atoms with Crippen molar-refractivity contribution >= 4 is 39.8 Å². The molecule has 0 aliphatic heterocycles. The number of methoxy groups -OCH3 is 1. The number of hydrogen-bond donors (Lipinski definition) is 3. The largest absolute Gasteiger partial charge is 0.504 e. The number of hydrogen-bond acceptors (Lipinski definition) is 9. The maximum Gasteiger partial charge on any atom is 0.504 e. The Hall–Kier alpha value is -4.93. The molecule has 0 bridgehead atoms. The van der Waals surface area contributed by atoms with Crippen molar-refractivity contribution in [1.29, 1.82) is 0 Å². The van der Waals surface area contributed by atoms with Crippen LogP contribution in [-0.4, -0.2) is 68.6 Å². The average Bonchev–Trinajstić information content (AvgIpc) is 3.75. The van der Waals surface area contributed by atoms with Gasteiger partial charge in [0.05, 0.1) is 49.6 Å². The van der Waals surface area contributed by atoms with Gasteiger partial charge in [-0.3, -0.25) is 13.8 Å². The van der Waals surface area contributed by atoms with E-state index in [2.05, 4.69) is 35.5 Å². The Kier molecular flexibility index (Phi) is 6.15. The van der Waals surface area contributed by atoms with Gasteiger partial charge in [0.25, 0.3) is 0 Å². The maximum atomic E-state index is 13.6. The summed E-state index contributed by atoms with van der Waals surface area (Å²) in [4.78, 5) is 34.3. The number of nitrogens with zero attached hydrogens (tertiary/aromatic N) is 8. The van der Waals surface area contributed by atoms with Crippen LogP contribution in [0.2, 0.25) is 0 Å². The lowest BCUT2D eigenvalue weighted by Gasteiger charge is -2.17. The molecule has 5 aromatic rings. The fraction of sp³-hybridized carbons (Fsp3) is 0.429. The molecule has 0 saturated heterocycles. The number of alkyl halides is 3. The van der Waals surface area contributed by atoms with E-state index in [1.54, 1.807) is 26.0 Å². The second-order valence-corrected chi connectivity index (χ2v) is 11.3. The van der Waals surface area contributed by atoms with Crippen LogP contribution < -0.4 is 16.3 Å². The van der Waals surface area contributed by atoms with Crippen LogP contribution in [0.4, 0.5) is 29.6 Å². The molecule has 0 spiro atoms. The van der Waals surface area contributed by atoms with E-state index in [4.69, 9.17) is 5.48 Å². The van der Waals surface area contributed by atoms with Crippen LogP contribution in [0.3, 0.4) is 0 Å². The first kappa shape index (κ1) is 25.4. The molecule has 14 nitrogen and oxygen atoms in total. The lowest BCUT2D eigenvalue weighted by Crippen LogP contribution is -2.33. The van der Waals surface area contributed by atoms with Crippen molar-refractivity contribution < 1.29 is 33.3 Å². The zero-order chi connectivity index (χ0) is 35.7. The number of carbonyl (C=O) groups excluding carboxylic acids is 1. The molecule has 17 heteroatoms. The van der Waals surface area contributed by atoms with E-state index in [0.29, 0.717) is 10.1 Å². The number of amides is 1. The van der Waals surface area contributed by atoms with Crippen molar-refractivity contribution in [3.63, 3.8) is 0 Å². The third kappa shape index (κ3) is 5.82. The Bertz CT molecular complexity index is 2130. The van der Waals surface area contributed by atoms with Crippen LogP contribution in [0.1, 0.15) is 44.6 Å². The first-order valence-electron chi connectivity index (χ1n) is 15.8. The summed E-state index contributed by atoms with van der Waals surface area (Å²) in [5, 5.41) is 23.8. The van der Waals surface area contributed by atoms with Gasteiger partial charge >= 0.3 is 18.1 Å². The number of aromatic nitrogens is 8. The summed E-state index contributed by atoms with van der Waals surface area (Å²) < 4.78 is 80.4. The molecular weight excluding hydrogens is 597 g/mol. The highest BCUT2D eigenvalue weighted by Crippen LogP contribution is 2.34. The standard InChI is InChI=1S/C28H31F3N10O4/c1-27(2,44)14-39-18-7-8-21(36-24(18)23(37-39)15-11-33-40(13-15)28(29,30)31)35-22-10-19-20(12-32-22)38(3)26(43)41(19)17-6-5-16(9-17)34-25(42)45-4/h7-8,10-13,16-17,44H,5-6,9,14H2,1-4H3,(H,34,42)(H,32,35,36)/t16?,17-/m1/s1/i3D3,16D. The topological polar surface area (TPSA) is 159 Å². The molecule has 0 aromatic carbocycles. The van der Waals surface area contributed by atoms with Crippen LogP contribution in [0.15, 0.2) is 41.6 Å². The molecule has 3 N–H and O–H groups in total. The molecule has 5 aromatic heterocycles. The van der Waals surface area contributed by atoms with Crippen molar-refractivity contribution in [3.05, 3.63) is 47.3 Å². The van der Waals surface area contributed by atoms with Gasteiger partial charge in [-0.2, -0.15) is 14.9 Å². The Morgan fingerprint density at radius 2 is 2.00 bits per heavy atom. The quantitative estimate of drug-likeness (QED) is 0.243. The first-order valence-corrected chi connectivity index (χ1v) is 13.8. The monoisotopic (exact) mass is 632 g/mol. The highest BCUT2D eigenvalue weighted by Gasteiger charge is 2.33. The molecule has 1 aliphatic carbocycles. The predicted octanol–water partition coefficient (Wildman–Crippen LogP) is 3.78. The van der Waals surface area contributed by atoms with Crippen LogP contribution in [-0.2, 0) is 24.6 Å². The zero-order valence-corrected chi connectivity index (χ0v) is 24.3. The molecule has 45 heavy (non-hydrogen) atoms. The minimum atomic E-state index is -4.76. The second-order valence-electron chi connectivity index (χ2n) is 11.3. The van der Waals surface area contributed by atoms with E-state index in [1.165, 1.54) is 21.5 Å². The van der Waals surface area contributed by atoms with Gasteiger partial charge in [0.15, 0.2) is 0 Å². The number of imidazole rings is 1. The van der Waals surface area contributed by atoms with Crippen LogP contribution in [0, 0.1) is 0 Å². The summed E-state index contributed by atoms with van der Waals surface area (Å²) >= 11 is 0. The molecule has 6 rings (SSSR count). The van der Waals surface area contributed by atoms with Gasteiger partial charge in [-0.1, -0.05) is 0 Å². The number of ether oxygens (including phenoxy) is 1. The SMILES string of the molecule is [2H]C1(NC(=O)OC)CC[C@@H](n2c(=O)n(C([2H])([2H])[2H])c3cnc(Nc4ccc5c(n4)c(-c4cnn(C(F)(F)F)c4)nn5CC(C)(C)O)cc32)C1. The number of halogens is 3. The number of pyridine rings is 2. The third-order valence-electron chi connectivity index (χ3n) is 7.36. The lowest BCUT2D eigenvalue weighted by molar-refractivity contribution is -0.212. The van der Waals surface area contributed by atoms with Gasteiger partial charge in [0.2, 0.25) is 0 Å². The van der Waals surface area contributed by atoms with E-state index >= 15 is 0 Å². The van der Waals surface area contributed by atoms with E-state index < -0.39 is 42.7 Å². The van der Waals surface area contributed by atoms with Crippen LogP contribution >= 0.6 is 0 Å². The van der Waals surface area contributed by atoms with E-state index in [1.807, 2.05) is 0 Å². The first-order chi connectivity index (χ1) is 22.8. The minimum Gasteiger partial charge on any atom is -0.453 e. The zero-order valence-electron chi connectivity index (χ0n) is 28.3. The summed E-state index contributed by atoms with van der Waals surface area (Å²) in [7, 11) is 1.16. The number of aliphatic hydroxyl groups is 1.